The number of carbonyl (C=O) groups excluding carboxylic acids is 1. The van der Waals surface area contributed by atoms with Crippen LogP contribution in [0.5, 0.6) is 0 Å². The summed E-state index contributed by atoms with van der Waals surface area (Å²) in [4.78, 5) is 25.6. The van der Waals surface area contributed by atoms with Gasteiger partial charge in [-0.05, 0) is 31.2 Å². The quantitative estimate of drug-likeness (QED) is 0.802. The van der Waals surface area contributed by atoms with Crippen LogP contribution in [-0.2, 0) is 0 Å². The van der Waals surface area contributed by atoms with E-state index in [4.69, 9.17) is 5.11 Å². The Kier molecular flexibility index (Phi) is 3.89. The number of aromatic amines is 1. The molecule has 0 aliphatic heterocycles. The second kappa shape index (κ2) is 5.46. The molecule has 0 fully saturated rings. The van der Waals surface area contributed by atoms with Crippen LogP contribution < -0.4 is 5.32 Å². The highest BCUT2D eigenvalue weighted by Gasteiger charge is 2.16. The first-order chi connectivity index (χ1) is 9.36. The lowest BCUT2D eigenvalue weighted by molar-refractivity contribution is 0.0692. The van der Waals surface area contributed by atoms with E-state index >= 15 is 0 Å². The van der Waals surface area contributed by atoms with E-state index in [9.17, 15) is 14.0 Å². The molecule has 1 heterocycles. The van der Waals surface area contributed by atoms with Gasteiger partial charge in [0, 0.05) is 15.7 Å². The van der Waals surface area contributed by atoms with Crippen molar-refractivity contribution in [1.82, 2.24) is 4.98 Å². The van der Waals surface area contributed by atoms with Crippen molar-refractivity contribution in [1.29, 1.82) is 0 Å². The summed E-state index contributed by atoms with van der Waals surface area (Å²) in [5, 5.41) is 11.4. The molecule has 0 spiro atoms. The Morgan fingerprint density at radius 2 is 2.00 bits per heavy atom. The van der Waals surface area contributed by atoms with Gasteiger partial charge in [-0.2, -0.15) is 0 Å². The molecule has 7 heteroatoms. The number of anilines is 1. The third kappa shape index (κ3) is 3.05. The number of aryl methyl sites for hydroxylation is 1. The van der Waals surface area contributed by atoms with Gasteiger partial charge in [0.15, 0.2) is 0 Å². The summed E-state index contributed by atoms with van der Waals surface area (Å²) in [5.74, 6) is -2.34. The van der Waals surface area contributed by atoms with Crippen molar-refractivity contribution in [3.63, 3.8) is 0 Å². The van der Waals surface area contributed by atoms with Crippen molar-refractivity contribution in [3.8, 4) is 0 Å². The molecule has 20 heavy (non-hydrogen) atoms. The van der Waals surface area contributed by atoms with E-state index in [1.165, 1.54) is 18.2 Å². The average molecular weight is 341 g/mol. The van der Waals surface area contributed by atoms with Gasteiger partial charge in [0.1, 0.15) is 11.5 Å². The van der Waals surface area contributed by atoms with Crippen molar-refractivity contribution >= 4 is 33.5 Å². The van der Waals surface area contributed by atoms with Gasteiger partial charge in [0.25, 0.3) is 5.91 Å². The fraction of sp³-hybridized carbons (Fsp3) is 0.0769. The Morgan fingerprint density at radius 3 is 2.60 bits per heavy atom. The first-order valence-electron chi connectivity index (χ1n) is 5.57. The molecule has 0 unspecified atom stereocenters. The lowest BCUT2D eigenvalue weighted by Crippen LogP contribution is -2.14. The summed E-state index contributed by atoms with van der Waals surface area (Å²) in [7, 11) is 0. The maximum Gasteiger partial charge on any atom is 0.354 e. The van der Waals surface area contributed by atoms with Crippen LogP contribution in [0.2, 0.25) is 0 Å². The number of aromatic nitrogens is 1. The minimum absolute atomic E-state index is 0.0899. The molecule has 1 amide bonds. The van der Waals surface area contributed by atoms with Crippen LogP contribution in [0.15, 0.2) is 28.7 Å². The summed E-state index contributed by atoms with van der Waals surface area (Å²) in [6.07, 6.45) is 0. The zero-order valence-corrected chi connectivity index (χ0v) is 11.9. The zero-order chi connectivity index (χ0) is 14.9. The average Bonchev–Trinajstić information content (AvgIpc) is 2.69. The highest BCUT2D eigenvalue weighted by Crippen LogP contribution is 2.20. The van der Waals surface area contributed by atoms with Crippen molar-refractivity contribution < 1.29 is 19.1 Å². The SMILES string of the molecule is Cc1cc(NC(=O)c2cc(F)cc(Br)c2)c(C(=O)O)[nH]1. The molecule has 2 rings (SSSR count). The summed E-state index contributed by atoms with van der Waals surface area (Å²) in [6, 6.07) is 5.23. The lowest BCUT2D eigenvalue weighted by atomic mass is 10.2. The number of carboxylic acids is 1. The van der Waals surface area contributed by atoms with Crippen molar-refractivity contribution in [3.05, 3.63) is 51.5 Å². The molecule has 0 saturated heterocycles. The molecule has 0 saturated carbocycles. The normalized spacial score (nSPS) is 10.3. The Morgan fingerprint density at radius 1 is 1.30 bits per heavy atom. The highest BCUT2D eigenvalue weighted by atomic mass is 79.9. The topological polar surface area (TPSA) is 82.2 Å². The minimum atomic E-state index is -1.19. The smallest absolute Gasteiger partial charge is 0.354 e. The van der Waals surface area contributed by atoms with E-state index < -0.39 is 17.7 Å². The van der Waals surface area contributed by atoms with Crippen LogP contribution >= 0.6 is 15.9 Å². The van der Waals surface area contributed by atoms with Gasteiger partial charge < -0.3 is 15.4 Å². The lowest BCUT2D eigenvalue weighted by Gasteiger charge is -2.05. The third-order valence-corrected chi connectivity index (χ3v) is 3.00. The molecule has 3 N–H and O–H groups in total. The zero-order valence-electron chi connectivity index (χ0n) is 10.3. The van der Waals surface area contributed by atoms with E-state index in [1.54, 1.807) is 6.92 Å². The van der Waals surface area contributed by atoms with Crippen LogP contribution in [0.3, 0.4) is 0 Å². The van der Waals surface area contributed by atoms with Crippen LogP contribution in [0.1, 0.15) is 26.5 Å². The largest absolute Gasteiger partial charge is 0.477 e. The van der Waals surface area contributed by atoms with E-state index in [-0.39, 0.29) is 16.9 Å². The molecule has 2 aromatic rings. The Labute approximate surface area is 121 Å². The van der Waals surface area contributed by atoms with Gasteiger partial charge in [-0.1, -0.05) is 15.9 Å². The number of hydrogen-bond donors (Lipinski definition) is 3. The fourth-order valence-electron chi connectivity index (χ4n) is 1.74. The number of H-pyrrole nitrogens is 1. The van der Waals surface area contributed by atoms with E-state index in [0.717, 1.165) is 6.07 Å². The summed E-state index contributed by atoms with van der Waals surface area (Å²) in [5.41, 5.74) is 0.705. The molecule has 5 nitrogen and oxygen atoms in total. The summed E-state index contributed by atoms with van der Waals surface area (Å²) in [6.45, 7) is 1.67. The number of carboxylic acid groups (broad SMARTS) is 1. The molecule has 104 valence electrons. The molecule has 0 bridgehead atoms. The van der Waals surface area contributed by atoms with Gasteiger partial charge in [0.05, 0.1) is 5.69 Å². The van der Waals surface area contributed by atoms with Gasteiger partial charge in [-0.15, -0.1) is 0 Å². The van der Waals surface area contributed by atoms with Crippen LogP contribution in [0.4, 0.5) is 10.1 Å². The third-order valence-electron chi connectivity index (χ3n) is 2.54. The molecule has 1 aromatic heterocycles. The number of rotatable bonds is 3. The van der Waals surface area contributed by atoms with Crippen molar-refractivity contribution in [2.24, 2.45) is 0 Å². The van der Waals surface area contributed by atoms with Crippen molar-refractivity contribution in [2.75, 3.05) is 5.32 Å². The van der Waals surface area contributed by atoms with E-state index in [2.05, 4.69) is 26.2 Å². The van der Waals surface area contributed by atoms with Gasteiger partial charge in [-0.3, -0.25) is 4.79 Å². The maximum absolute atomic E-state index is 13.2. The molecule has 0 aliphatic carbocycles. The van der Waals surface area contributed by atoms with E-state index in [1.807, 2.05) is 0 Å². The number of carbonyl (C=O) groups is 2. The number of benzene rings is 1. The maximum atomic E-state index is 13.2. The standard InChI is InChI=1S/C13H10BrFN2O3/c1-6-2-10(11(16-6)13(19)20)17-12(18)7-3-8(14)5-9(15)4-7/h2-5,16H,1H3,(H,17,18)(H,19,20). The number of amides is 1. The van der Waals surface area contributed by atoms with Gasteiger partial charge in [0.2, 0.25) is 0 Å². The summed E-state index contributed by atoms with van der Waals surface area (Å²) < 4.78 is 13.7. The molecule has 0 aliphatic rings. The van der Waals surface area contributed by atoms with Gasteiger partial charge >= 0.3 is 5.97 Å². The number of hydrogen-bond acceptors (Lipinski definition) is 2. The Hall–Kier alpha value is -2.15. The number of nitrogens with one attached hydrogen (secondary N) is 2. The van der Waals surface area contributed by atoms with Crippen LogP contribution in [-0.4, -0.2) is 22.0 Å². The minimum Gasteiger partial charge on any atom is -0.477 e. The second-order valence-corrected chi connectivity index (χ2v) is 5.07. The second-order valence-electron chi connectivity index (χ2n) is 4.16. The van der Waals surface area contributed by atoms with Crippen LogP contribution in [0, 0.1) is 12.7 Å². The van der Waals surface area contributed by atoms with Gasteiger partial charge in [-0.25, -0.2) is 9.18 Å². The van der Waals surface area contributed by atoms with Crippen molar-refractivity contribution in [2.45, 2.75) is 6.92 Å². The first kappa shape index (κ1) is 14.3. The predicted octanol–water partition coefficient (Wildman–Crippen LogP) is 3.18. The van der Waals surface area contributed by atoms with E-state index in [0.29, 0.717) is 10.2 Å². The Bertz CT molecular complexity index is 677. The molecular formula is C13H10BrFN2O3. The molecule has 1 aromatic carbocycles. The van der Waals surface area contributed by atoms with Crippen LogP contribution in [0.25, 0.3) is 0 Å². The first-order valence-corrected chi connectivity index (χ1v) is 6.36. The highest BCUT2D eigenvalue weighted by molar-refractivity contribution is 9.10. The molecule has 0 atom stereocenters. The Balaban J connectivity index is 2.30. The molecular weight excluding hydrogens is 331 g/mol. The predicted molar refractivity (Wildman–Crippen MR) is 74.5 cm³/mol. The fourth-order valence-corrected chi connectivity index (χ4v) is 2.20. The summed E-state index contributed by atoms with van der Waals surface area (Å²) >= 11 is 3.09. The number of aromatic carboxylic acids is 1. The number of halogens is 2. The monoisotopic (exact) mass is 340 g/mol. The molecule has 0 radical (unpaired) electrons.